The summed E-state index contributed by atoms with van der Waals surface area (Å²) in [6.45, 7) is 9.04. The Hall–Kier alpha value is -3.27. The normalized spacial score (nSPS) is 22.4. The molecule has 0 aromatic heterocycles. The highest BCUT2D eigenvalue weighted by Crippen LogP contribution is 2.45. The minimum absolute atomic E-state index is 0.224. The van der Waals surface area contributed by atoms with Crippen molar-refractivity contribution < 1.29 is 23.8 Å². The fraction of sp³-hybridized carbons (Fsp3) is 0.381. The molecule has 0 saturated carbocycles. The Morgan fingerprint density at radius 2 is 2.25 bits per heavy atom. The molecule has 28 heavy (non-hydrogen) atoms. The first kappa shape index (κ1) is 19.5. The number of esters is 1. The maximum Gasteiger partial charge on any atom is 0.303 e. The third-order valence-corrected chi connectivity index (χ3v) is 4.71. The van der Waals surface area contributed by atoms with Crippen LogP contribution < -0.4 is 4.74 Å². The summed E-state index contributed by atoms with van der Waals surface area (Å²) < 4.78 is 17.2. The number of carbonyl (C=O) groups excluding carboxylic acids is 2. The maximum absolute atomic E-state index is 12.8. The summed E-state index contributed by atoms with van der Waals surface area (Å²) in [4.78, 5) is 26.1. The molecular formula is C21H22N2O5. The van der Waals surface area contributed by atoms with Crippen LogP contribution in [0.1, 0.15) is 37.9 Å². The predicted molar refractivity (Wildman–Crippen MR) is 100 cm³/mol. The zero-order valence-corrected chi connectivity index (χ0v) is 16.1. The van der Waals surface area contributed by atoms with Gasteiger partial charge in [-0.25, -0.2) is 0 Å². The number of rotatable bonds is 5. The highest BCUT2D eigenvalue weighted by Gasteiger charge is 2.50. The van der Waals surface area contributed by atoms with Crippen LogP contribution >= 0.6 is 0 Å². The van der Waals surface area contributed by atoms with Gasteiger partial charge < -0.3 is 19.1 Å². The van der Waals surface area contributed by atoms with E-state index in [9.17, 15) is 14.9 Å². The van der Waals surface area contributed by atoms with Gasteiger partial charge in [0.25, 0.3) is 5.91 Å². The highest BCUT2D eigenvalue weighted by molar-refractivity contribution is 5.91. The Labute approximate surface area is 163 Å². The van der Waals surface area contributed by atoms with E-state index in [0.717, 1.165) is 0 Å². The largest absolute Gasteiger partial charge is 0.492 e. The monoisotopic (exact) mass is 382 g/mol. The van der Waals surface area contributed by atoms with E-state index in [1.165, 1.54) is 13.0 Å². The lowest BCUT2D eigenvalue weighted by molar-refractivity contribution is -0.171. The van der Waals surface area contributed by atoms with Gasteiger partial charge in [0.15, 0.2) is 6.10 Å². The fourth-order valence-electron chi connectivity index (χ4n) is 3.54. The van der Waals surface area contributed by atoms with E-state index >= 15 is 0 Å². The van der Waals surface area contributed by atoms with E-state index in [1.807, 2.05) is 0 Å². The van der Waals surface area contributed by atoms with Crippen LogP contribution in [0.3, 0.4) is 0 Å². The third-order valence-electron chi connectivity index (χ3n) is 4.71. The van der Waals surface area contributed by atoms with Crippen LogP contribution in [0.4, 0.5) is 0 Å². The van der Waals surface area contributed by atoms with Gasteiger partial charge in [-0.15, -0.1) is 0 Å². The third kappa shape index (κ3) is 3.58. The topological polar surface area (TPSA) is 88.9 Å². The van der Waals surface area contributed by atoms with Crippen molar-refractivity contribution in [3.05, 3.63) is 53.8 Å². The molecule has 0 saturated heterocycles. The van der Waals surface area contributed by atoms with Crippen molar-refractivity contribution >= 4 is 11.9 Å². The van der Waals surface area contributed by atoms with E-state index in [1.54, 1.807) is 43.0 Å². The highest BCUT2D eigenvalue weighted by atomic mass is 16.6. The number of carbonyl (C=O) groups is 2. The molecule has 2 aliphatic rings. The summed E-state index contributed by atoms with van der Waals surface area (Å²) in [6.07, 6.45) is 2.26. The predicted octanol–water partition coefficient (Wildman–Crippen LogP) is 2.63. The molecule has 0 unspecified atom stereocenters. The van der Waals surface area contributed by atoms with E-state index in [4.69, 9.17) is 14.2 Å². The molecule has 7 heteroatoms. The molecule has 1 amide bonds. The van der Waals surface area contributed by atoms with E-state index < -0.39 is 23.7 Å². The molecule has 1 aromatic carbocycles. The lowest BCUT2D eigenvalue weighted by Crippen LogP contribution is -2.55. The minimum atomic E-state index is -0.886. The molecule has 2 heterocycles. The Morgan fingerprint density at radius 3 is 2.89 bits per heavy atom. The summed E-state index contributed by atoms with van der Waals surface area (Å²) in [6, 6.07) is 6.50. The molecular weight excluding hydrogens is 360 g/mol. The molecule has 2 atom stereocenters. The molecule has 7 nitrogen and oxygen atoms in total. The molecule has 0 bridgehead atoms. The van der Waals surface area contributed by atoms with Gasteiger partial charge in [0.05, 0.1) is 18.2 Å². The zero-order valence-electron chi connectivity index (χ0n) is 16.1. The van der Waals surface area contributed by atoms with Gasteiger partial charge in [0.1, 0.15) is 29.8 Å². The lowest BCUT2D eigenvalue weighted by Gasteiger charge is -2.46. The first-order valence-electron chi connectivity index (χ1n) is 8.92. The number of hydrogen-bond acceptors (Lipinski definition) is 6. The molecule has 0 spiro atoms. The van der Waals surface area contributed by atoms with E-state index in [0.29, 0.717) is 22.6 Å². The average molecular weight is 382 g/mol. The van der Waals surface area contributed by atoms with Crippen molar-refractivity contribution in [1.29, 1.82) is 5.26 Å². The number of nitriles is 1. The van der Waals surface area contributed by atoms with Crippen LogP contribution in [0.5, 0.6) is 5.75 Å². The van der Waals surface area contributed by atoms with Crippen LogP contribution in [0.25, 0.3) is 0 Å². The second kappa shape index (κ2) is 7.39. The Morgan fingerprint density at radius 1 is 1.50 bits per heavy atom. The average Bonchev–Trinajstić information content (AvgIpc) is 3.00. The summed E-state index contributed by atoms with van der Waals surface area (Å²) >= 11 is 0. The maximum atomic E-state index is 12.8. The number of hydrogen-bond donors (Lipinski definition) is 0. The van der Waals surface area contributed by atoms with Gasteiger partial charge in [-0.2, -0.15) is 5.26 Å². The smallest absolute Gasteiger partial charge is 0.303 e. The summed E-state index contributed by atoms with van der Waals surface area (Å²) in [5.41, 5.74) is 0.162. The van der Waals surface area contributed by atoms with Crippen LogP contribution in [0, 0.1) is 11.3 Å². The van der Waals surface area contributed by atoms with Gasteiger partial charge in [-0.1, -0.05) is 12.7 Å². The molecule has 3 rings (SSSR count). The Balaban J connectivity index is 2.06. The molecule has 0 N–H and O–H groups in total. The van der Waals surface area contributed by atoms with E-state index in [-0.39, 0.29) is 19.1 Å². The molecule has 146 valence electrons. The molecule has 0 radical (unpaired) electrons. The van der Waals surface area contributed by atoms with Crippen molar-refractivity contribution in [1.82, 2.24) is 4.90 Å². The first-order chi connectivity index (χ1) is 13.3. The van der Waals surface area contributed by atoms with Crippen LogP contribution in [0.15, 0.2) is 42.7 Å². The molecule has 1 aromatic rings. The van der Waals surface area contributed by atoms with Gasteiger partial charge in [-0.3, -0.25) is 9.59 Å². The Bertz CT molecular complexity index is 897. The number of amides is 1. The van der Waals surface area contributed by atoms with Crippen LogP contribution in [-0.2, 0) is 19.1 Å². The van der Waals surface area contributed by atoms with Crippen LogP contribution in [-0.4, -0.2) is 41.6 Å². The summed E-state index contributed by atoms with van der Waals surface area (Å²) in [5, 5.41) is 9.30. The van der Waals surface area contributed by atoms with Crippen molar-refractivity contribution in [2.45, 2.75) is 38.5 Å². The van der Waals surface area contributed by atoms with Crippen molar-refractivity contribution in [2.75, 3.05) is 13.2 Å². The second-order valence-electron chi connectivity index (χ2n) is 7.22. The van der Waals surface area contributed by atoms with Crippen molar-refractivity contribution in [3.8, 4) is 11.8 Å². The number of fused-ring (bicyclic) bond motifs is 1. The summed E-state index contributed by atoms with van der Waals surface area (Å²) in [5.74, 6) is 0.320. The van der Waals surface area contributed by atoms with Gasteiger partial charge in [-0.05, 0) is 32.0 Å². The van der Waals surface area contributed by atoms with Crippen molar-refractivity contribution in [3.63, 3.8) is 0 Å². The minimum Gasteiger partial charge on any atom is -0.492 e. The lowest BCUT2D eigenvalue weighted by atomic mass is 9.84. The fourth-order valence-corrected chi connectivity index (χ4v) is 3.54. The van der Waals surface area contributed by atoms with Gasteiger partial charge in [0, 0.05) is 18.6 Å². The number of ether oxygens (including phenoxy) is 3. The van der Waals surface area contributed by atoms with Crippen molar-refractivity contribution in [2.24, 2.45) is 0 Å². The number of nitrogens with zero attached hydrogens (tertiary/aromatic N) is 2. The molecule has 0 aliphatic carbocycles. The second-order valence-corrected chi connectivity index (χ2v) is 7.22. The van der Waals surface area contributed by atoms with Gasteiger partial charge in [0.2, 0.25) is 0 Å². The van der Waals surface area contributed by atoms with E-state index in [2.05, 4.69) is 12.6 Å². The zero-order chi connectivity index (χ0) is 20.5. The first-order valence-corrected chi connectivity index (χ1v) is 8.92. The molecule has 2 aliphatic heterocycles. The van der Waals surface area contributed by atoms with Gasteiger partial charge >= 0.3 is 5.97 Å². The number of benzene rings is 1. The van der Waals surface area contributed by atoms with Crippen LogP contribution in [0.2, 0.25) is 0 Å². The SMILES string of the molecule is C=CCOC1=CC(=O)N([C@@H]2c3cc(C#N)ccc3OC(C)(C)[C@H]2OC(C)=O)C1. The quantitative estimate of drug-likeness (QED) is 0.575. The molecule has 0 fully saturated rings. The Kier molecular flexibility index (Phi) is 5.14. The standard InChI is InChI=1S/C21H22N2O5/c1-5-8-26-15-10-18(25)23(12-15)19-16-9-14(11-22)6-7-17(16)28-21(3,4)20(19)27-13(2)24/h5-7,9-10,19-20H,1,8,12H2,2-4H3/t19-,20+/m1/s1. The summed E-state index contributed by atoms with van der Waals surface area (Å²) in [7, 11) is 0.